The number of carbonyl (C=O) groups excluding carboxylic acids is 1. The lowest BCUT2D eigenvalue weighted by molar-refractivity contribution is -0.136. The summed E-state index contributed by atoms with van der Waals surface area (Å²) in [5.41, 5.74) is 1.84. The monoisotopic (exact) mass is 230 g/mol. The second-order valence-electron chi connectivity index (χ2n) is 3.57. The van der Waals surface area contributed by atoms with E-state index in [1.807, 2.05) is 0 Å². The van der Waals surface area contributed by atoms with E-state index in [-0.39, 0.29) is 6.42 Å². The molecule has 5 nitrogen and oxygen atoms in total. The molecule has 0 radical (unpaired) electrons. The Balaban J connectivity index is 2.29. The van der Waals surface area contributed by atoms with Crippen molar-refractivity contribution in [3.8, 4) is 11.4 Å². The minimum absolute atomic E-state index is 0.0969. The molecule has 1 heterocycles. The maximum absolute atomic E-state index is 10.6. The second kappa shape index (κ2) is 4.61. The molecule has 2 rings (SSSR count). The Kier molecular flexibility index (Phi) is 3.00. The van der Waals surface area contributed by atoms with Crippen LogP contribution in [0.15, 0.2) is 30.5 Å². The van der Waals surface area contributed by atoms with Crippen LogP contribution in [0.4, 0.5) is 0 Å². The second-order valence-corrected chi connectivity index (χ2v) is 3.57. The number of aromatic nitrogens is 2. The van der Waals surface area contributed by atoms with Gasteiger partial charge in [0.15, 0.2) is 0 Å². The summed E-state index contributed by atoms with van der Waals surface area (Å²) >= 11 is 0. The lowest BCUT2D eigenvalue weighted by atomic mass is 10.1. The minimum atomic E-state index is -0.915. The highest BCUT2D eigenvalue weighted by Gasteiger charge is 2.06. The largest absolute Gasteiger partial charge is 0.481 e. The summed E-state index contributed by atoms with van der Waals surface area (Å²) in [7, 11) is 0. The molecule has 17 heavy (non-hydrogen) atoms. The van der Waals surface area contributed by atoms with E-state index < -0.39 is 5.97 Å². The number of aromatic amines is 1. The highest BCUT2D eigenvalue weighted by Crippen LogP contribution is 2.16. The number of H-pyrrole nitrogens is 1. The SMILES string of the molecule is O=Cc1cccc(-c2ncc(CC(=O)O)[nH]2)c1. The molecule has 0 atom stereocenters. The highest BCUT2D eigenvalue weighted by molar-refractivity contribution is 5.77. The Morgan fingerprint density at radius 2 is 2.29 bits per heavy atom. The van der Waals surface area contributed by atoms with Crippen LogP contribution >= 0.6 is 0 Å². The Morgan fingerprint density at radius 3 is 3.00 bits per heavy atom. The van der Waals surface area contributed by atoms with Crippen molar-refractivity contribution in [3.63, 3.8) is 0 Å². The van der Waals surface area contributed by atoms with Gasteiger partial charge in [-0.2, -0.15) is 0 Å². The minimum Gasteiger partial charge on any atom is -0.481 e. The summed E-state index contributed by atoms with van der Waals surface area (Å²) in [4.78, 5) is 28.1. The van der Waals surface area contributed by atoms with Crippen molar-refractivity contribution in [3.05, 3.63) is 41.7 Å². The summed E-state index contributed by atoms with van der Waals surface area (Å²) < 4.78 is 0. The van der Waals surface area contributed by atoms with Gasteiger partial charge >= 0.3 is 5.97 Å². The molecular weight excluding hydrogens is 220 g/mol. The summed E-state index contributed by atoms with van der Waals surface area (Å²) in [5.74, 6) is -0.355. The lowest BCUT2D eigenvalue weighted by Crippen LogP contribution is -1.99. The number of aldehydes is 1. The number of nitrogens with one attached hydrogen (secondary N) is 1. The number of imidazole rings is 1. The first kappa shape index (κ1) is 11.1. The Bertz CT molecular complexity index is 560. The maximum Gasteiger partial charge on any atom is 0.309 e. The first-order chi connectivity index (χ1) is 8.19. The molecule has 0 saturated carbocycles. The van der Waals surface area contributed by atoms with E-state index in [1.54, 1.807) is 24.3 Å². The quantitative estimate of drug-likeness (QED) is 0.780. The topological polar surface area (TPSA) is 83.1 Å². The van der Waals surface area contributed by atoms with Crippen LogP contribution in [-0.4, -0.2) is 27.3 Å². The standard InChI is InChI=1S/C12H10N2O3/c15-7-8-2-1-3-9(4-8)12-13-6-10(14-12)5-11(16)17/h1-4,6-7H,5H2,(H,13,14)(H,16,17). The Labute approximate surface area is 97.1 Å². The van der Waals surface area contributed by atoms with Crippen molar-refractivity contribution in [1.82, 2.24) is 9.97 Å². The van der Waals surface area contributed by atoms with Gasteiger partial charge in [0.1, 0.15) is 12.1 Å². The molecule has 0 bridgehead atoms. The van der Waals surface area contributed by atoms with Gasteiger partial charge in [0.2, 0.25) is 0 Å². The average Bonchev–Trinajstić information content (AvgIpc) is 2.77. The van der Waals surface area contributed by atoms with Gasteiger partial charge in [-0.15, -0.1) is 0 Å². The number of benzene rings is 1. The van der Waals surface area contributed by atoms with Crippen LogP contribution in [0.25, 0.3) is 11.4 Å². The third-order valence-electron chi connectivity index (χ3n) is 2.27. The van der Waals surface area contributed by atoms with E-state index in [9.17, 15) is 9.59 Å². The van der Waals surface area contributed by atoms with Crippen molar-refractivity contribution >= 4 is 12.3 Å². The number of rotatable bonds is 4. The number of carboxylic acid groups (broad SMARTS) is 1. The summed E-state index contributed by atoms with van der Waals surface area (Å²) in [6, 6.07) is 6.93. The van der Waals surface area contributed by atoms with Gasteiger partial charge in [-0.3, -0.25) is 9.59 Å². The summed E-state index contributed by atoms with van der Waals surface area (Å²) in [6.45, 7) is 0. The summed E-state index contributed by atoms with van der Waals surface area (Å²) in [6.07, 6.45) is 2.14. The molecule has 0 spiro atoms. The molecule has 86 valence electrons. The fourth-order valence-corrected chi connectivity index (χ4v) is 1.52. The van der Waals surface area contributed by atoms with Gasteiger partial charge in [-0.1, -0.05) is 18.2 Å². The smallest absolute Gasteiger partial charge is 0.309 e. The van der Waals surface area contributed by atoms with Crippen LogP contribution in [0.3, 0.4) is 0 Å². The number of carbonyl (C=O) groups is 2. The normalized spacial score (nSPS) is 10.1. The lowest BCUT2D eigenvalue weighted by Gasteiger charge is -1.97. The van der Waals surface area contributed by atoms with Crippen LogP contribution in [0.2, 0.25) is 0 Å². The molecule has 0 unspecified atom stereocenters. The van der Waals surface area contributed by atoms with E-state index in [0.29, 0.717) is 17.1 Å². The number of hydrogen-bond donors (Lipinski definition) is 2. The van der Waals surface area contributed by atoms with Crippen LogP contribution in [0.5, 0.6) is 0 Å². The fourth-order valence-electron chi connectivity index (χ4n) is 1.52. The zero-order chi connectivity index (χ0) is 12.3. The first-order valence-electron chi connectivity index (χ1n) is 5.00. The van der Waals surface area contributed by atoms with Crippen molar-refractivity contribution < 1.29 is 14.7 Å². The molecule has 0 aliphatic heterocycles. The first-order valence-corrected chi connectivity index (χ1v) is 5.00. The predicted molar refractivity (Wildman–Crippen MR) is 60.8 cm³/mol. The van der Waals surface area contributed by atoms with Gasteiger partial charge < -0.3 is 10.1 Å². The molecule has 0 aliphatic rings. The molecule has 5 heteroatoms. The Morgan fingerprint density at radius 1 is 1.47 bits per heavy atom. The van der Waals surface area contributed by atoms with Crippen molar-refractivity contribution in [1.29, 1.82) is 0 Å². The maximum atomic E-state index is 10.6. The third kappa shape index (κ3) is 2.57. The zero-order valence-electron chi connectivity index (χ0n) is 8.88. The molecule has 2 N–H and O–H groups in total. The molecule has 0 saturated heterocycles. The van der Waals surface area contributed by atoms with Crippen molar-refractivity contribution in [2.75, 3.05) is 0 Å². The molecule has 0 aliphatic carbocycles. The molecule has 0 amide bonds. The van der Waals surface area contributed by atoms with Gasteiger partial charge in [0, 0.05) is 23.0 Å². The number of nitrogens with zero attached hydrogens (tertiary/aromatic N) is 1. The van der Waals surface area contributed by atoms with Gasteiger partial charge in [-0.05, 0) is 6.07 Å². The van der Waals surface area contributed by atoms with Crippen molar-refractivity contribution in [2.24, 2.45) is 0 Å². The average molecular weight is 230 g/mol. The van der Waals surface area contributed by atoms with E-state index in [2.05, 4.69) is 9.97 Å². The van der Waals surface area contributed by atoms with E-state index in [4.69, 9.17) is 5.11 Å². The van der Waals surface area contributed by atoms with Crippen molar-refractivity contribution in [2.45, 2.75) is 6.42 Å². The van der Waals surface area contributed by atoms with E-state index in [0.717, 1.165) is 11.8 Å². The molecule has 0 fully saturated rings. The number of hydrogen-bond acceptors (Lipinski definition) is 3. The number of carboxylic acids is 1. The molecule has 2 aromatic rings. The molecular formula is C12H10N2O3. The Hall–Kier alpha value is -2.43. The van der Waals surface area contributed by atoms with E-state index >= 15 is 0 Å². The predicted octanol–water partition coefficient (Wildman–Crippen LogP) is 1.52. The molecule has 1 aromatic carbocycles. The van der Waals surface area contributed by atoms with Gasteiger partial charge in [0.25, 0.3) is 0 Å². The third-order valence-corrected chi connectivity index (χ3v) is 2.27. The van der Waals surface area contributed by atoms with Crippen LogP contribution < -0.4 is 0 Å². The highest BCUT2D eigenvalue weighted by atomic mass is 16.4. The zero-order valence-corrected chi connectivity index (χ0v) is 8.88. The molecule has 1 aromatic heterocycles. The number of aliphatic carboxylic acids is 1. The fraction of sp³-hybridized carbons (Fsp3) is 0.0833. The summed E-state index contributed by atoms with van der Waals surface area (Å²) in [5, 5.41) is 8.63. The van der Waals surface area contributed by atoms with Crippen LogP contribution in [-0.2, 0) is 11.2 Å². The van der Waals surface area contributed by atoms with E-state index in [1.165, 1.54) is 6.20 Å². The van der Waals surface area contributed by atoms with Crippen LogP contribution in [0, 0.1) is 0 Å². The van der Waals surface area contributed by atoms with Crippen LogP contribution in [0.1, 0.15) is 16.1 Å². The van der Waals surface area contributed by atoms with Gasteiger partial charge in [0.05, 0.1) is 6.42 Å². The van der Waals surface area contributed by atoms with Gasteiger partial charge in [-0.25, -0.2) is 4.98 Å².